The molecule has 6 aromatic carbocycles. The number of aryl methyl sites for hydroxylation is 6. The van der Waals surface area contributed by atoms with Crippen LogP contribution in [0.3, 0.4) is 0 Å². The van der Waals surface area contributed by atoms with E-state index in [-0.39, 0.29) is 20.1 Å². The largest absolute Gasteiger partial charge is 0.305 e. The van der Waals surface area contributed by atoms with Gasteiger partial charge in [-0.15, -0.1) is 65.2 Å². The van der Waals surface area contributed by atoms with Crippen molar-refractivity contribution in [1.29, 1.82) is 0 Å². The number of hydrogen-bond acceptors (Lipinski definition) is 3. The predicted octanol–water partition coefficient (Wildman–Crippen LogP) is 13.6. The van der Waals surface area contributed by atoms with Gasteiger partial charge < -0.3 is 9.97 Å². The van der Waals surface area contributed by atoms with Gasteiger partial charge in [-0.25, -0.2) is 0 Å². The van der Waals surface area contributed by atoms with Crippen LogP contribution in [0.4, 0.5) is 0 Å². The molecule has 281 valence electrons. The van der Waals surface area contributed by atoms with Crippen molar-refractivity contribution < 1.29 is 20.1 Å². The normalized spacial score (nSPS) is 10.8. The van der Waals surface area contributed by atoms with Gasteiger partial charge in [0.15, 0.2) is 0 Å². The summed E-state index contributed by atoms with van der Waals surface area (Å²) in [5.74, 6) is 0. The summed E-state index contributed by atoms with van der Waals surface area (Å²) in [5, 5.41) is 3.65. The van der Waals surface area contributed by atoms with E-state index in [0.29, 0.717) is 0 Å². The van der Waals surface area contributed by atoms with Crippen LogP contribution in [0.25, 0.3) is 77.6 Å². The van der Waals surface area contributed by atoms with E-state index in [1.807, 2.05) is 60.9 Å². The van der Waals surface area contributed by atoms with Gasteiger partial charge in [-0.3, -0.25) is 4.98 Å². The maximum Gasteiger partial charge on any atom is 0.0714 e. The molecule has 0 aliphatic heterocycles. The van der Waals surface area contributed by atoms with Crippen molar-refractivity contribution >= 4 is 21.7 Å². The molecular formula is C53H43IrN3-2. The number of fused-ring (bicyclic) bond motifs is 3. The van der Waals surface area contributed by atoms with Crippen molar-refractivity contribution in [3.8, 4) is 55.9 Å². The Kier molecular flexibility index (Phi) is 11.7. The van der Waals surface area contributed by atoms with E-state index >= 15 is 0 Å². The predicted molar refractivity (Wildman–Crippen MR) is 235 cm³/mol. The Morgan fingerprint density at radius 2 is 1.16 bits per heavy atom. The molecule has 0 saturated carbocycles. The molecule has 0 atom stereocenters. The van der Waals surface area contributed by atoms with Gasteiger partial charge in [0.25, 0.3) is 0 Å². The minimum Gasteiger partial charge on any atom is -0.305 e. The average Bonchev–Trinajstić information content (AvgIpc) is 3.22. The molecule has 3 heterocycles. The van der Waals surface area contributed by atoms with Crippen LogP contribution >= 0.6 is 0 Å². The summed E-state index contributed by atoms with van der Waals surface area (Å²) in [6.07, 6.45) is 5.63. The summed E-state index contributed by atoms with van der Waals surface area (Å²) >= 11 is 0. The average molecular weight is 914 g/mol. The van der Waals surface area contributed by atoms with Crippen LogP contribution in [0.1, 0.15) is 33.4 Å². The Morgan fingerprint density at radius 3 is 1.89 bits per heavy atom. The third kappa shape index (κ3) is 8.54. The van der Waals surface area contributed by atoms with Crippen molar-refractivity contribution in [2.24, 2.45) is 0 Å². The first-order valence-corrected chi connectivity index (χ1v) is 19.1. The first-order chi connectivity index (χ1) is 27.2. The Morgan fingerprint density at radius 1 is 0.421 bits per heavy atom. The number of rotatable bonds is 5. The monoisotopic (exact) mass is 914 g/mol. The number of pyridine rings is 3. The van der Waals surface area contributed by atoms with Gasteiger partial charge in [0, 0.05) is 44.1 Å². The number of nitrogens with zero attached hydrogens (tertiary/aromatic N) is 3. The van der Waals surface area contributed by atoms with Crippen molar-refractivity contribution in [3.63, 3.8) is 0 Å². The van der Waals surface area contributed by atoms with E-state index in [1.54, 1.807) is 6.20 Å². The maximum atomic E-state index is 4.79. The number of aromatic nitrogens is 3. The third-order valence-corrected chi connectivity index (χ3v) is 10.4. The Balaban J connectivity index is 0.000000326. The van der Waals surface area contributed by atoms with Gasteiger partial charge in [-0.1, -0.05) is 95.4 Å². The summed E-state index contributed by atoms with van der Waals surface area (Å²) < 4.78 is 0. The zero-order valence-corrected chi connectivity index (χ0v) is 35.5. The second-order valence-corrected chi connectivity index (χ2v) is 14.8. The molecule has 0 saturated heterocycles. The molecule has 0 aliphatic rings. The van der Waals surface area contributed by atoms with Crippen molar-refractivity contribution in [2.45, 2.75) is 41.5 Å². The van der Waals surface area contributed by atoms with Gasteiger partial charge in [0.1, 0.15) is 0 Å². The Bertz CT molecular complexity index is 2810. The second kappa shape index (κ2) is 17.0. The van der Waals surface area contributed by atoms with Gasteiger partial charge in [0.2, 0.25) is 0 Å². The summed E-state index contributed by atoms with van der Waals surface area (Å²) in [6.45, 7) is 12.9. The fourth-order valence-electron chi connectivity index (χ4n) is 7.44. The molecule has 0 bridgehead atoms. The van der Waals surface area contributed by atoms with E-state index in [0.717, 1.165) is 28.0 Å². The van der Waals surface area contributed by atoms with Crippen LogP contribution < -0.4 is 0 Å². The minimum atomic E-state index is 0. The van der Waals surface area contributed by atoms with Crippen molar-refractivity contribution in [1.82, 2.24) is 15.0 Å². The van der Waals surface area contributed by atoms with Crippen LogP contribution in [0.15, 0.2) is 152 Å². The third-order valence-electron chi connectivity index (χ3n) is 10.4. The zero-order chi connectivity index (χ0) is 38.8. The number of hydrogen-bond donors (Lipinski definition) is 0. The molecule has 3 aromatic heterocycles. The minimum absolute atomic E-state index is 0. The van der Waals surface area contributed by atoms with Crippen molar-refractivity contribution in [3.05, 3.63) is 198 Å². The first kappa shape index (κ1) is 39.2. The molecule has 57 heavy (non-hydrogen) atoms. The molecule has 0 amide bonds. The van der Waals surface area contributed by atoms with E-state index < -0.39 is 0 Å². The van der Waals surface area contributed by atoms with E-state index in [4.69, 9.17) is 9.97 Å². The summed E-state index contributed by atoms with van der Waals surface area (Å²) in [7, 11) is 0. The quantitative estimate of drug-likeness (QED) is 0.128. The molecule has 0 unspecified atom stereocenters. The van der Waals surface area contributed by atoms with Gasteiger partial charge in [-0.2, -0.15) is 0 Å². The van der Waals surface area contributed by atoms with E-state index in [2.05, 4.69) is 144 Å². The molecular weight excluding hydrogens is 871 g/mol. The summed E-state index contributed by atoms with van der Waals surface area (Å²) in [5.41, 5.74) is 19.5. The van der Waals surface area contributed by atoms with Crippen molar-refractivity contribution in [2.75, 3.05) is 0 Å². The molecule has 4 heteroatoms. The van der Waals surface area contributed by atoms with Crippen LogP contribution in [0, 0.1) is 53.7 Å². The zero-order valence-electron chi connectivity index (χ0n) is 33.1. The van der Waals surface area contributed by atoms with Gasteiger partial charge in [-0.05, 0) is 127 Å². The van der Waals surface area contributed by atoms with Gasteiger partial charge in [0.05, 0.1) is 5.52 Å². The van der Waals surface area contributed by atoms with Crippen LogP contribution in [0.2, 0.25) is 0 Å². The number of benzene rings is 6. The standard InChI is InChI=1S/C42H35N2.C11H8N.Ir/c1-25-9-12-36-37-8-7-13-43-42(37)23-39(40(36)17-25)35-20-33(32-15-26(2)14-27(3)16-32)19-34(21-35)38-22-31(11-10-28(38)4)41-18-29(5)30(6)24-44-41;1-2-6-10(7-3-1)11-8-4-5-9-12-11;/h7-10,12-24H,1-6H3;1-6,8-9H;/q2*-1;. The van der Waals surface area contributed by atoms with Crippen LogP contribution in [0.5, 0.6) is 0 Å². The first-order valence-electron chi connectivity index (χ1n) is 19.1. The molecule has 1 radical (unpaired) electrons. The van der Waals surface area contributed by atoms with Gasteiger partial charge >= 0.3 is 0 Å². The molecule has 9 rings (SSSR count). The smallest absolute Gasteiger partial charge is 0.0714 e. The molecule has 0 N–H and O–H groups in total. The molecule has 9 aromatic rings. The summed E-state index contributed by atoms with van der Waals surface area (Å²) in [6, 6.07) is 53.9. The van der Waals surface area contributed by atoms with Crippen LogP contribution in [-0.2, 0) is 20.1 Å². The molecule has 0 fully saturated rings. The second-order valence-electron chi connectivity index (χ2n) is 14.8. The van der Waals surface area contributed by atoms with Crippen LogP contribution in [-0.4, -0.2) is 15.0 Å². The summed E-state index contributed by atoms with van der Waals surface area (Å²) in [4.78, 5) is 13.8. The Labute approximate surface area is 349 Å². The maximum absolute atomic E-state index is 4.79. The molecule has 0 aliphatic carbocycles. The Hall–Kier alpha value is -6.06. The fraction of sp³-hybridized carbons (Fsp3) is 0.113. The van der Waals surface area contributed by atoms with E-state index in [1.165, 1.54) is 82.9 Å². The SMILES string of the molecule is Cc1cc(C)cc(-c2cc(-c3cc(-c4cc(C)c(C)cn4)[c-]cc3C)cc(-c3cc4ncccc4c4ccc(C)cc34)c2)c1.[Ir].[c-]1ccccc1-c1ccccn1. The molecule has 3 nitrogen and oxygen atoms in total. The fourth-order valence-corrected chi connectivity index (χ4v) is 7.44. The van der Waals surface area contributed by atoms with E-state index in [9.17, 15) is 0 Å². The topological polar surface area (TPSA) is 38.7 Å². The molecule has 0 spiro atoms.